The molecule has 0 spiro atoms. The number of ketones is 1. The maximum Gasteiger partial charge on any atom is 0.240 e. The largest absolute Gasteiger partial charge is 0.378 e. The number of anilines is 3. The molecule has 0 aliphatic heterocycles. The molecule has 1 saturated carbocycles. The fourth-order valence-corrected chi connectivity index (χ4v) is 2.84. The number of hydrogen-bond donors (Lipinski definition) is 2. The first-order valence-corrected chi connectivity index (χ1v) is 8.83. The van der Waals surface area contributed by atoms with Crippen molar-refractivity contribution in [3.05, 3.63) is 54.1 Å². The van der Waals surface area contributed by atoms with Crippen molar-refractivity contribution in [3.63, 3.8) is 0 Å². The van der Waals surface area contributed by atoms with E-state index in [0.717, 1.165) is 5.69 Å². The number of Topliss-reactive ketones (excluding diaryl/α,β-unsaturated/α-hetero) is 1. The smallest absolute Gasteiger partial charge is 0.240 e. The normalized spacial score (nSPS) is 14.2. The minimum atomic E-state index is -1.05. The minimum Gasteiger partial charge on any atom is -0.378 e. The van der Waals surface area contributed by atoms with E-state index in [1.54, 1.807) is 24.3 Å². The Balaban J connectivity index is 1.68. The molecule has 6 heteroatoms. The molecule has 1 fully saturated rings. The summed E-state index contributed by atoms with van der Waals surface area (Å²) in [7, 11) is 3.89. The van der Waals surface area contributed by atoms with Gasteiger partial charge in [0.05, 0.1) is 0 Å². The first-order valence-electron chi connectivity index (χ1n) is 8.83. The Morgan fingerprint density at radius 1 is 0.889 bits per heavy atom. The van der Waals surface area contributed by atoms with Gasteiger partial charge in [0.1, 0.15) is 5.41 Å². The Labute approximate surface area is 158 Å². The van der Waals surface area contributed by atoms with E-state index in [1.807, 2.05) is 43.3 Å². The van der Waals surface area contributed by atoms with Gasteiger partial charge in [0.25, 0.3) is 0 Å². The minimum absolute atomic E-state index is 0.0776. The molecule has 0 saturated heterocycles. The Bertz CT molecular complexity index is 884. The van der Waals surface area contributed by atoms with Crippen LogP contribution in [0.5, 0.6) is 0 Å². The van der Waals surface area contributed by atoms with Gasteiger partial charge in [-0.15, -0.1) is 0 Å². The number of nitrogens with zero attached hydrogens (tertiary/aromatic N) is 1. The predicted molar refractivity (Wildman–Crippen MR) is 106 cm³/mol. The first kappa shape index (κ1) is 18.6. The van der Waals surface area contributed by atoms with Crippen LogP contribution in [-0.4, -0.2) is 31.7 Å². The highest BCUT2D eigenvalue weighted by molar-refractivity contribution is 6.17. The Morgan fingerprint density at radius 3 is 2.00 bits per heavy atom. The summed E-state index contributed by atoms with van der Waals surface area (Å²) in [6.45, 7) is 1.47. The van der Waals surface area contributed by atoms with Crippen molar-refractivity contribution >= 4 is 34.7 Å². The van der Waals surface area contributed by atoms with Crippen molar-refractivity contribution in [2.45, 2.75) is 19.8 Å². The number of carbonyl (C=O) groups excluding carboxylic acids is 3. The first-order chi connectivity index (χ1) is 12.8. The van der Waals surface area contributed by atoms with Crippen LogP contribution in [0.1, 0.15) is 30.1 Å². The number of rotatable bonds is 6. The summed E-state index contributed by atoms with van der Waals surface area (Å²) in [5.74, 6) is -0.725. The second-order valence-electron chi connectivity index (χ2n) is 7.07. The molecule has 1 aliphatic rings. The number of carbonyl (C=O) groups is 3. The summed E-state index contributed by atoms with van der Waals surface area (Å²) in [5, 5.41) is 5.61. The molecule has 3 rings (SSSR count). The Kier molecular flexibility index (Phi) is 4.99. The summed E-state index contributed by atoms with van der Waals surface area (Å²) in [4.78, 5) is 38.8. The fourth-order valence-electron chi connectivity index (χ4n) is 2.84. The number of amides is 2. The lowest BCUT2D eigenvalue weighted by Crippen LogP contribution is -2.35. The molecule has 2 aromatic carbocycles. The molecule has 2 amide bonds. The maximum absolute atomic E-state index is 12.7. The Hall–Kier alpha value is -3.15. The predicted octanol–water partition coefficient (Wildman–Crippen LogP) is 3.31. The molecule has 0 atom stereocenters. The van der Waals surface area contributed by atoms with E-state index in [2.05, 4.69) is 10.6 Å². The lowest BCUT2D eigenvalue weighted by Gasteiger charge is -2.17. The maximum atomic E-state index is 12.7. The monoisotopic (exact) mass is 365 g/mol. The van der Waals surface area contributed by atoms with E-state index in [1.165, 1.54) is 6.92 Å². The zero-order valence-corrected chi connectivity index (χ0v) is 15.7. The highest BCUT2D eigenvalue weighted by atomic mass is 16.2. The number of benzene rings is 2. The lowest BCUT2D eigenvalue weighted by atomic mass is 10.0. The Morgan fingerprint density at radius 2 is 1.48 bits per heavy atom. The van der Waals surface area contributed by atoms with Gasteiger partial charge in [-0.05, 0) is 56.2 Å². The highest BCUT2D eigenvalue weighted by Crippen LogP contribution is 2.47. The quantitative estimate of drug-likeness (QED) is 0.608. The zero-order chi connectivity index (χ0) is 19.6. The molecule has 0 unspecified atom stereocenters. The number of hydrogen-bond acceptors (Lipinski definition) is 4. The van der Waals surface area contributed by atoms with Gasteiger partial charge in [0.15, 0.2) is 5.78 Å². The third-order valence-electron chi connectivity index (χ3n) is 4.79. The summed E-state index contributed by atoms with van der Waals surface area (Å²) < 4.78 is 0. The van der Waals surface area contributed by atoms with Gasteiger partial charge in [0, 0.05) is 36.7 Å². The molecular formula is C21H23N3O3. The number of nitrogens with one attached hydrogen (secondary N) is 2. The van der Waals surface area contributed by atoms with Gasteiger partial charge < -0.3 is 15.5 Å². The van der Waals surface area contributed by atoms with Crippen LogP contribution in [0, 0.1) is 5.41 Å². The third kappa shape index (κ3) is 4.00. The van der Waals surface area contributed by atoms with E-state index < -0.39 is 5.41 Å². The van der Waals surface area contributed by atoms with Crippen LogP contribution in [0.15, 0.2) is 48.5 Å². The van der Waals surface area contributed by atoms with Gasteiger partial charge in [-0.3, -0.25) is 14.4 Å². The molecule has 6 nitrogen and oxygen atoms in total. The molecule has 0 bridgehead atoms. The van der Waals surface area contributed by atoms with Crippen molar-refractivity contribution in [2.75, 3.05) is 29.6 Å². The molecule has 0 aromatic heterocycles. The van der Waals surface area contributed by atoms with Crippen molar-refractivity contribution in [2.24, 2.45) is 5.41 Å². The standard InChI is InChI=1S/C21H23N3O3/c1-14(25)15-5-4-6-17(13-15)23-20(27)21(11-12-21)19(26)22-16-7-9-18(10-8-16)24(2)3/h4-10,13H,11-12H2,1-3H3,(H,22,26)(H,23,27). The van der Waals surface area contributed by atoms with Crippen LogP contribution in [0.3, 0.4) is 0 Å². The second-order valence-corrected chi connectivity index (χ2v) is 7.07. The molecule has 0 radical (unpaired) electrons. The van der Waals surface area contributed by atoms with E-state index in [9.17, 15) is 14.4 Å². The fraction of sp³-hybridized carbons (Fsp3) is 0.286. The van der Waals surface area contributed by atoms with E-state index in [4.69, 9.17) is 0 Å². The van der Waals surface area contributed by atoms with Crippen LogP contribution in [0.4, 0.5) is 17.1 Å². The lowest BCUT2D eigenvalue weighted by molar-refractivity contribution is -0.131. The molecular weight excluding hydrogens is 342 g/mol. The molecule has 2 aromatic rings. The average Bonchev–Trinajstić information content (AvgIpc) is 3.44. The summed E-state index contributed by atoms with van der Waals surface area (Å²) in [6, 6.07) is 14.2. The van der Waals surface area contributed by atoms with Gasteiger partial charge in [-0.1, -0.05) is 12.1 Å². The van der Waals surface area contributed by atoms with Crippen LogP contribution >= 0.6 is 0 Å². The van der Waals surface area contributed by atoms with Crippen LogP contribution in [0.25, 0.3) is 0 Å². The van der Waals surface area contributed by atoms with Crippen LogP contribution < -0.4 is 15.5 Å². The molecule has 140 valence electrons. The van der Waals surface area contributed by atoms with Gasteiger partial charge in [-0.2, -0.15) is 0 Å². The van der Waals surface area contributed by atoms with Gasteiger partial charge >= 0.3 is 0 Å². The van der Waals surface area contributed by atoms with E-state index in [-0.39, 0.29) is 17.6 Å². The van der Waals surface area contributed by atoms with Crippen molar-refractivity contribution in [3.8, 4) is 0 Å². The van der Waals surface area contributed by atoms with Crippen molar-refractivity contribution < 1.29 is 14.4 Å². The summed E-state index contributed by atoms with van der Waals surface area (Å²) in [5.41, 5.74) is 1.66. The van der Waals surface area contributed by atoms with Crippen molar-refractivity contribution in [1.29, 1.82) is 0 Å². The van der Waals surface area contributed by atoms with Crippen molar-refractivity contribution in [1.82, 2.24) is 0 Å². The SMILES string of the molecule is CC(=O)c1cccc(NC(=O)C2(C(=O)Nc3ccc(N(C)C)cc3)CC2)c1. The zero-order valence-electron chi connectivity index (χ0n) is 15.7. The van der Waals surface area contributed by atoms with Gasteiger partial charge in [0.2, 0.25) is 11.8 Å². The van der Waals surface area contributed by atoms with E-state index >= 15 is 0 Å². The molecule has 1 aliphatic carbocycles. The summed E-state index contributed by atoms with van der Waals surface area (Å²) >= 11 is 0. The molecule has 27 heavy (non-hydrogen) atoms. The van der Waals surface area contributed by atoms with E-state index in [0.29, 0.717) is 29.8 Å². The third-order valence-corrected chi connectivity index (χ3v) is 4.79. The topological polar surface area (TPSA) is 78.5 Å². The summed E-state index contributed by atoms with van der Waals surface area (Å²) in [6.07, 6.45) is 1.01. The second kappa shape index (κ2) is 7.23. The molecule has 0 heterocycles. The molecule has 2 N–H and O–H groups in total. The van der Waals surface area contributed by atoms with Gasteiger partial charge in [-0.25, -0.2) is 0 Å². The van der Waals surface area contributed by atoms with Crippen LogP contribution in [0.2, 0.25) is 0 Å². The van der Waals surface area contributed by atoms with Crippen LogP contribution in [-0.2, 0) is 9.59 Å². The average molecular weight is 365 g/mol. The highest BCUT2D eigenvalue weighted by Gasteiger charge is 2.56.